The Morgan fingerprint density at radius 3 is 2.09 bits per heavy atom. The maximum Gasteiger partial charge on any atom is 0.336 e. The van der Waals surface area contributed by atoms with Crippen molar-refractivity contribution in [1.82, 2.24) is 19.4 Å². The number of carboxylic acid groups (broad SMARTS) is 1. The van der Waals surface area contributed by atoms with Crippen LogP contribution in [0.3, 0.4) is 0 Å². The molecule has 6 rings (SSSR count). The number of nitrogens with zero attached hydrogens (tertiary/aromatic N) is 4. The van der Waals surface area contributed by atoms with E-state index in [-0.39, 0.29) is 29.5 Å². The average Bonchev–Trinajstić information content (AvgIpc) is 3.50. The number of fused-ring (bicyclic) bond motifs is 1. The van der Waals surface area contributed by atoms with Gasteiger partial charge in [0.25, 0.3) is 5.91 Å². The van der Waals surface area contributed by atoms with Crippen LogP contribution in [0, 0.1) is 6.92 Å². The van der Waals surface area contributed by atoms with E-state index in [4.69, 9.17) is 4.98 Å². The molecule has 2 heterocycles. The van der Waals surface area contributed by atoms with Gasteiger partial charge in [-0.15, -0.1) is 0 Å². The van der Waals surface area contributed by atoms with Gasteiger partial charge >= 0.3 is 5.97 Å². The van der Waals surface area contributed by atoms with Crippen molar-refractivity contribution >= 4 is 29.4 Å². The van der Waals surface area contributed by atoms with Crippen LogP contribution in [0.1, 0.15) is 85.9 Å². The molecule has 10 heteroatoms. The minimum atomic E-state index is -1.17. The topological polar surface area (TPSA) is 125 Å². The number of carboxylic acids is 1. The molecule has 2 N–H and O–H groups in total. The largest absolute Gasteiger partial charge is 0.478 e. The number of aryl methyl sites for hydroxylation is 2. The van der Waals surface area contributed by atoms with E-state index in [1.54, 1.807) is 36.0 Å². The maximum absolute atomic E-state index is 14.8. The molecule has 5 aromatic rings. The van der Waals surface area contributed by atoms with Crippen LogP contribution >= 0.6 is 0 Å². The van der Waals surface area contributed by atoms with Crippen LogP contribution in [0.5, 0.6) is 0 Å². The Morgan fingerprint density at radius 1 is 0.887 bits per heavy atom. The van der Waals surface area contributed by atoms with Crippen LogP contribution in [0.25, 0.3) is 0 Å². The molecule has 1 aromatic heterocycles. The van der Waals surface area contributed by atoms with E-state index in [0.29, 0.717) is 18.7 Å². The number of anilines is 1. The quantitative estimate of drug-likeness (QED) is 0.148. The number of benzene rings is 4. The summed E-state index contributed by atoms with van der Waals surface area (Å²) in [6.45, 7) is 4.74. The number of likely N-dealkylation sites (N-methyl/N-ethyl adjacent to an activating group) is 1. The number of carbonyl (C=O) groups excluding carboxylic acids is 3. The molecule has 272 valence electrons. The molecule has 3 amide bonds. The standard InChI is InChI=1S/C43H45N5O5/c1-5-6-21-38-44-35-27-48(42(51)39(30-15-9-7-10-16-30)31-17-11-8-12-18-31)37(41(50)46(3)4)25-36(35)47(38)26-29-22-23-34(28(2)24-29)45-40(49)32-19-13-14-20-33(32)43(52)53/h7-20,22-24,37,39H,5-6,21,25-27H2,1-4H3,(H,45,49)(H,52,53). The van der Waals surface area contributed by atoms with Crippen molar-refractivity contribution in [1.29, 1.82) is 0 Å². The highest BCUT2D eigenvalue weighted by Crippen LogP contribution is 2.33. The molecule has 1 atom stereocenters. The zero-order chi connectivity index (χ0) is 37.6. The predicted octanol–water partition coefficient (Wildman–Crippen LogP) is 6.71. The summed E-state index contributed by atoms with van der Waals surface area (Å²) in [5.41, 5.74) is 5.86. The monoisotopic (exact) mass is 711 g/mol. The number of carbonyl (C=O) groups is 4. The van der Waals surface area contributed by atoms with Gasteiger partial charge in [0, 0.05) is 44.9 Å². The lowest BCUT2D eigenvalue weighted by atomic mass is 9.88. The van der Waals surface area contributed by atoms with Gasteiger partial charge in [0.05, 0.1) is 29.3 Å². The summed E-state index contributed by atoms with van der Waals surface area (Å²) in [5, 5.41) is 12.4. The first-order chi connectivity index (χ1) is 25.6. The predicted molar refractivity (Wildman–Crippen MR) is 204 cm³/mol. The second-order valence-electron chi connectivity index (χ2n) is 13.7. The number of aromatic nitrogens is 2. The number of imidazole rings is 1. The van der Waals surface area contributed by atoms with Gasteiger partial charge in [0.15, 0.2) is 0 Å². The summed E-state index contributed by atoms with van der Waals surface area (Å²) in [7, 11) is 3.44. The fourth-order valence-corrected chi connectivity index (χ4v) is 7.11. The lowest BCUT2D eigenvalue weighted by molar-refractivity contribution is -0.146. The summed E-state index contributed by atoms with van der Waals surface area (Å²) in [5.74, 6) is -1.63. The van der Waals surface area contributed by atoms with Gasteiger partial charge in [-0.3, -0.25) is 14.4 Å². The Balaban J connectivity index is 1.33. The van der Waals surface area contributed by atoms with Crippen LogP contribution in [-0.4, -0.2) is 68.3 Å². The first-order valence-electron chi connectivity index (χ1n) is 18.0. The Kier molecular flexibility index (Phi) is 11.2. The van der Waals surface area contributed by atoms with Gasteiger partial charge in [0.1, 0.15) is 11.9 Å². The smallest absolute Gasteiger partial charge is 0.336 e. The number of hydrogen-bond acceptors (Lipinski definition) is 5. The molecule has 1 unspecified atom stereocenters. The van der Waals surface area contributed by atoms with E-state index in [0.717, 1.165) is 58.7 Å². The molecule has 0 saturated heterocycles. The molecule has 1 aliphatic rings. The molecule has 0 bridgehead atoms. The molecule has 1 aliphatic heterocycles. The molecule has 0 aliphatic carbocycles. The minimum Gasteiger partial charge on any atom is -0.478 e. The van der Waals surface area contributed by atoms with E-state index in [2.05, 4.69) is 16.8 Å². The number of rotatable bonds is 12. The second-order valence-corrected chi connectivity index (χ2v) is 13.7. The zero-order valence-corrected chi connectivity index (χ0v) is 30.6. The summed E-state index contributed by atoms with van der Waals surface area (Å²) in [6, 6.07) is 30.6. The first kappa shape index (κ1) is 36.8. The lowest BCUT2D eigenvalue weighted by Crippen LogP contribution is -2.53. The summed E-state index contributed by atoms with van der Waals surface area (Å²) in [6.07, 6.45) is 2.99. The van der Waals surface area contributed by atoms with Crippen LogP contribution in [-0.2, 0) is 35.5 Å². The highest BCUT2D eigenvalue weighted by Gasteiger charge is 2.41. The second kappa shape index (κ2) is 16.1. The molecular formula is C43H45N5O5. The van der Waals surface area contributed by atoms with E-state index in [1.165, 1.54) is 12.1 Å². The normalized spacial score (nSPS) is 13.8. The molecule has 0 saturated carbocycles. The Labute approximate surface area is 310 Å². The average molecular weight is 712 g/mol. The van der Waals surface area contributed by atoms with E-state index in [9.17, 15) is 24.3 Å². The first-order valence-corrected chi connectivity index (χ1v) is 18.0. The molecule has 10 nitrogen and oxygen atoms in total. The van der Waals surface area contributed by atoms with Gasteiger partial charge < -0.3 is 24.8 Å². The fraction of sp³-hybridized carbons (Fsp3) is 0.279. The molecule has 0 spiro atoms. The van der Waals surface area contributed by atoms with Crippen molar-refractivity contribution in [3.63, 3.8) is 0 Å². The number of nitrogens with one attached hydrogen (secondary N) is 1. The lowest BCUT2D eigenvalue weighted by Gasteiger charge is -2.38. The highest BCUT2D eigenvalue weighted by atomic mass is 16.4. The van der Waals surface area contributed by atoms with E-state index >= 15 is 0 Å². The molecule has 53 heavy (non-hydrogen) atoms. The number of amides is 3. The Bertz CT molecular complexity index is 2090. The minimum absolute atomic E-state index is 0.0641. The van der Waals surface area contributed by atoms with Gasteiger partial charge in [0.2, 0.25) is 11.8 Å². The molecule has 0 fully saturated rings. The van der Waals surface area contributed by atoms with Crippen LogP contribution in [0.4, 0.5) is 5.69 Å². The van der Waals surface area contributed by atoms with E-state index < -0.39 is 23.8 Å². The van der Waals surface area contributed by atoms with Crippen molar-refractivity contribution in [3.05, 3.63) is 154 Å². The highest BCUT2D eigenvalue weighted by molar-refractivity contribution is 6.10. The summed E-state index contributed by atoms with van der Waals surface area (Å²) < 4.78 is 2.20. The van der Waals surface area contributed by atoms with Gasteiger partial charge in [-0.05, 0) is 53.8 Å². The van der Waals surface area contributed by atoms with E-state index in [1.807, 2.05) is 85.8 Å². The number of aromatic carboxylic acids is 1. The van der Waals surface area contributed by atoms with Crippen molar-refractivity contribution < 1.29 is 24.3 Å². The van der Waals surface area contributed by atoms with Crippen LogP contribution in [0.2, 0.25) is 0 Å². The summed E-state index contributed by atoms with van der Waals surface area (Å²) >= 11 is 0. The van der Waals surface area contributed by atoms with Crippen LogP contribution < -0.4 is 5.32 Å². The third kappa shape index (κ3) is 7.91. The van der Waals surface area contributed by atoms with Crippen molar-refractivity contribution in [2.24, 2.45) is 0 Å². The number of unbranched alkanes of at least 4 members (excludes halogenated alkanes) is 1. The van der Waals surface area contributed by atoms with Gasteiger partial charge in [-0.1, -0.05) is 98.3 Å². The molecule has 4 aromatic carbocycles. The summed E-state index contributed by atoms with van der Waals surface area (Å²) in [4.78, 5) is 61.9. The van der Waals surface area contributed by atoms with Crippen molar-refractivity contribution in [2.75, 3.05) is 19.4 Å². The third-order valence-electron chi connectivity index (χ3n) is 9.87. The Hall–Kier alpha value is -6.03. The third-order valence-corrected chi connectivity index (χ3v) is 9.87. The zero-order valence-electron chi connectivity index (χ0n) is 30.6. The maximum atomic E-state index is 14.8. The van der Waals surface area contributed by atoms with Gasteiger partial charge in [-0.2, -0.15) is 0 Å². The number of hydrogen-bond donors (Lipinski definition) is 2. The molecule has 0 radical (unpaired) electrons. The van der Waals surface area contributed by atoms with Crippen LogP contribution in [0.15, 0.2) is 103 Å². The SMILES string of the molecule is CCCCc1nc2c(n1Cc1ccc(NC(=O)c3ccccc3C(=O)O)c(C)c1)CC(C(=O)N(C)C)N(C(=O)C(c1ccccc1)c1ccccc1)C2. The van der Waals surface area contributed by atoms with Crippen molar-refractivity contribution in [2.45, 2.75) is 64.6 Å². The van der Waals surface area contributed by atoms with Gasteiger partial charge in [-0.25, -0.2) is 9.78 Å². The fourth-order valence-electron chi connectivity index (χ4n) is 7.11. The molecular weight excluding hydrogens is 667 g/mol. The Morgan fingerprint density at radius 2 is 1.51 bits per heavy atom. The van der Waals surface area contributed by atoms with Crippen molar-refractivity contribution in [3.8, 4) is 0 Å².